The van der Waals surface area contributed by atoms with Crippen LogP contribution in [0.2, 0.25) is 0 Å². The van der Waals surface area contributed by atoms with Gasteiger partial charge in [-0.3, -0.25) is 4.90 Å². The number of aryl methyl sites for hydroxylation is 1. The van der Waals surface area contributed by atoms with Gasteiger partial charge in [0.15, 0.2) is 5.76 Å². The fourth-order valence-corrected chi connectivity index (χ4v) is 2.75. The summed E-state index contributed by atoms with van der Waals surface area (Å²) in [6.45, 7) is 4.68. The smallest absolute Gasteiger partial charge is 0.154 e. The Balaban J connectivity index is 1.54. The predicted molar refractivity (Wildman–Crippen MR) is 76.7 cm³/mol. The largest absolute Gasteiger partial charge is 0.492 e. The summed E-state index contributed by atoms with van der Waals surface area (Å²) in [6.07, 6.45) is 2.34. The van der Waals surface area contributed by atoms with Crippen LogP contribution < -0.4 is 4.74 Å². The van der Waals surface area contributed by atoms with Crippen LogP contribution in [0.15, 0.2) is 40.9 Å². The van der Waals surface area contributed by atoms with E-state index in [1.54, 1.807) is 0 Å². The van der Waals surface area contributed by atoms with Gasteiger partial charge < -0.3 is 9.26 Å². The van der Waals surface area contributed by atoms with Crippen LogP contribution in [0.25, 0.3) is 0 Å². The zero-order valence-corrected chi connectivity index (χ0v) is 11.8. The van der Waals surface area contributed by atoms with Crippen molar-refractivity contribution in [1.82, 2.24) is 10.1 Å². The van der Waals surface area contributed by atoms with Gasteiger partial charge >= 0.3 is 0 Å². The highest BCUT2D eigenvalue weighted by Gasteiger charge is 2.28. The van der Waals surface area contributed by atoms with Crippen molar-refractivity contribution in [3.05, 3.63) is 47.9 Å². The van der Waals surface area contributed by atoms with Gasteiger partial charge in [0, 0.05) is 12.6 Å². The number of hydrogen-bond donors (Lipinski definition) is 0. The van der Waals surface area contributed by atoms with Crippen LogP contribution in [0.1, 0.15) is 30.3 Å². The molecule has 3 rings (SSSR count). The lowest BCUT2D eigenvalue weighted by Gasteiger charge is -2.22. The molecule has 4 heteroatoms. The Morgan fingerprint density at radius 2 is 2.20 bits per heavy atom. The highest BCUT2D eigenvalue weighted by molar-refractivity contribution is 5.20. The number of aromatic nitrogens is 1. The summed E-state index contributed by atoms with van der Waals surface area (Å²) in [6, 6.07) is 12.4. The summed E-state index contributed by atoms with van der Waals surface area (Å²) >= 11 is 0. The zero-order valence-electron chi connectivity index (χ0n) is 11.8. The molecule has 2 aromatic rings. The molecule has 20 heavy (non-hydrogen) atoms. The third kappa shape index (κ3) is 3.02. The molecular formula is C16H20N2O2. The first-order valence-corrected chi connectivity index (χ1v) is 7.18. The molecule has 1 fully saturated rings. The standard InChI is InChI=1S/C16H20N2O2/c1-13-12-16(20-17-13)15-8-5-9-18(15)10-11-19-14-6-3-2-4-7-14/h2-4,6-7,12,15H,5,8-11H2,1H3. The Labute approximate surface area is 119 Å². The Morgan fingerprint density at radius 3 is 2.95 bits per heavy atom. The van der Waals surface area contributed by atoms with Crippen molar-refractivity contribution in [3.8, 4) is 5.75 Å². The van der Waals surface area contributed by atoms with Gasteiger partial charge in [0.1, 0.15) is 12.4 Å². The molecule has 1 atom stereocenters. The Kier molecular flexibility index (Phi) is 4.02. The molecule has 1 saturated heterocycles. The van der Waals surface area contributed by atoms with Crippen molar-refractivity contribution < 1.29 is 9.26 Å². The van der Waals surface area contributed by atoms with Crippen molar-refractivity contribution in [1.29, 1.82) is 0 Å². The van der Waals surface area contributed by atoms with Gasteiger partial charge in [-0.05, 0) is 38.4 Å². The number of nitrogens with zero attached hydrogens (tertiary/aromatic N) is 2. The second-order valence-electron chi connectivity index (χ2n) is 5.23. The first kappa shape index (κ1) is 13.2. The molecule has 1 aromatic heterocycles. The van der Waals surface area contributed by atoms with Crippen LogP contribution in [-0.4, -0.2) is 29.8 Å². The molecule has 0 saturated carbocycles. The van der Waals surface area contributed by atoms with Gasteiger partial charge in [-0.2, -0.15) is 0 Å². The highest BCUT2D eigenvalue weighted by atomic mass is 16.5. The molecule has 1 aliphatic rings. The number of likely N-dealkylation sites (tertiary alicyclic amines) is 1. The van der Waals surface area contributed by atoms with Crippen molar-refractivity contribution in [2.24, 2.45) is 0 Å². The fourth-order valence-electron chi connectivity index (χ4n) is 2.75. The summed E-state index contributed by atoms with van der Waals surface area (Å²) in [7, 11) is 0. The molecule has 1 aliphatic heterocycles. The highest BCUT2D eigenvalue weighted by Crippen LogP contribution is 2.31. The van der Waals surface area contributed by atoms with Crippen LogP contribution in [-0.2, 0) is 0 Å². The summed E-state index contributed by atoms with van der Waals surface area (Å²) in [5.41, 5.74) is 0.951. The number of benzene rings is 1. The van der Waals surface area contributed by atoms with Gasteiger partial charge in [0.25, 0.3) is 0 Å². The summed E-state index contributed by atoms with van der Waals surface area (Å²) in [4.78, 5) is 2.42. The van der Waals surface area contributed by atoms with E-state index in [2.05, 4.69) is 10.1 Å². The average Bonchev–Trinajstić information content (AvgIpc) is 3.09. The number of rotatable bonds is 5. The average molecular weight is 272 g/mol. The molecule has 4 nitrogen and oxygen atoms in total. The number of ether oxygens (including phenoxy) is 1. The first-order valence-electron chi connectivity index (χ1n) is 7.18. The van der Waals surface area contributed by atoms with Crippen LogP contribution in [0, 0.1) is 6.92 Å². The van der Waals surface area contributed by atoms with E-state index in [4.69, 9.17) is 9.26 Å². The minimum atomic E-state index is 0.357. The molecule has 0 aliphatic carbocycles. The first-order chi connectivity index (χ1) is 9.83. The van der Waals surface area contributed by atoms with Gasteiger partial charge in [0.2, 0.25) is 0 Å². The van der Waals surface area contributed by atoms with E-state index in [0.29, 0.717) is 12.6 Å². The molecule has 0 bridgehead atoms. The van der Waals surface area contributed by atoms with Crippen molar-refractivity contribution in [2.75, 3.05) is 19.7 Å². The SMILES string of the molecule is Cc1cc(C2CCCN2CCOc2ccccc2)on1. The maximum atomic E-state index is 5.77. The van der Waals surface area contributed by atoms with E-state index < -0.39 is 0 Å². The molecule has 1 unspecified atom stereocenters. The van der Waals surface area contributed by atoms with Crippen molar-refractivity contribution in [3.63, 3.8) is 0 Å². The Morgan fingerprint density at radius 1 is 1.35 bits per heavy atom. The van der Waals surface area contributed by atoms with Gasteiger partial charge in [0.05, 0.1) is 11.7 Å². The summed E-state index contributed by atoms with van der Waals surface area (Å²) in [5.74, 6) is 1.92. The molecule has 0 N–H and O–H groups in total. The van der Waals surface area contributed by atoms with Gasteiger partial charge in [-0.1, -0.05) is 23.4 Å². The summed E-state index contributed by atoms with van der Waals surface area (Å²) in [5, 5.41) is 3.99. The van der Waals surface area contributed by atoms with E-state index >= 15 is 0 Å². The zero-order chi connectivity index (χ0) is 13.8. The van der Waals surface area contributed by atoms with Crippen molar-refractivity contribution in [2.45, 2.75) is 25.8 Å². The maximum Gasteiger partial charge on any atom is 0.154 e. The van der Waals surface area contributed by atoms with E-state index in [1.165, 1.54) is 6.42 Å². The molecule has 2 heterocycles. The van der Waals surface area contributed by atoms with Crippen LogP contribution in [0.5, 0.6) is 5.75 Å². The van der Waals surface area contributed by atoms with Crippen LogP contribution in [0.4, 0.5) is 0 Å². The second-order valence-corrected chi connectivity index (χ2v) is 5.23. The Bertz CT molecular complexity index is 538. The van der Waals surface area contributed by atoms with Gasteiger partial charge in [-0.25, -0.2) is 0 Å². The van der Waals surface area contributed by atoms with Crippen LogP contribution >= 0.6 is 0 Å². The minimum Gasteiger partial charge on any atom is -0.492 e. The third-order valence-electron chi connectivity index (χ3n) is 3.73. The van der Waals surface area contributed by atoms with E-state index in [0.717, 1.165) is 36.7 Å². The predicted octanol–water partition coefficient (Wildman–Crippen LogP) is 3.20. The molecular weight excluding hydrogens is 252 g/mol. The fraction of sp³-hybridized carbons (Fsp3) is 0.438. The van der Waals surface area contributed by atoms with Crippen LogP contribution in [0.3, 0.4) is 0 Å². The molecule has 1 aromatic carbocycles. The summed E-state index contributed by atoms with van der Waals surface area (Å²) < 4.78 is 11.2. The minimum absolute atomic E-state index is 0.357. The van der Waals surface area contributed by atoms with E-state index in [1.807, 2.05) is 43.3 Å². The van der Waals surface area contributed by atoms with Crippen molar-refractivity contribution >= 4 is 0 Å². The third-order valence-corrected chi connectivity index (χ3v) is 3.73. The molecule has 0 spiro atoms. The lowest BCUT2D eigenvalue weighted by atomic mass is 10.1. The molecule has 106 valence electrons. The van der Waals surface area contributed by atoms with E-state index in [9.17, 15) is 0 Å². The van der Waals surface area contributed by atoms with Gasteiger partial charge in [-0.15, -0.1) is 0 Å². The Hall–Kier alpha value is -1.81. The molecule has 0 radical (unpaired) electrons. The normalized spacial score (nSPS) is 19.4. The lowest BCUT2D eigenvalue weighted by molar-refractivity contribution is 0.175. The maximum absolute atomic E-state index is 5.77. The number of para-hydroxylation sites is 1. The monoisotopic (exact) mass is 272 g/mol. The number of hydrogen-bond acceptors (Lipinski definition) is 4. The quantitative estimate of drug-likeness (QED) is 0.838. The lowest BCUT2D eigenvalue weighted by Crippen LogP contribution is -2.28. The topological polar surface area (TPSA) is 38.5 Å². The van der Waals surface area contributed by atoms with E-state index in [-0.39, 0.29) is 0 Å². The molecule has 0 amide bonds. The second kappa shape index (κ2) is 6.09.